The summed E-state index contributed by atoms with van der Waals surface area (Å²) in [4.78, 5) is 44.7. The summed E-state index contributed by atoms with van der Waals surface area (Å²) < 4.78 is 19.2. The average Bonchev–Trinajstić information content (AvgIpc) is 2.59. The number of ether oxygens (including phenoxy) is 4. The number of hydrogen-bond acceptors (Lipinski definition) is 8. The molecule has 10 heteroatoms. The Morgan fingerprint density at radius 2 is 1.00 bits per heavy atom. The van der Waals surface area contributed by atoms with Crippen LogP contribution >= 0.6 is 0 Å². The third kappa shape index (κ3) is 14.8. The van der Waals surface area contributed by atoms with Gasteiger partial charge in [0.05, 0.1) is 26.4 Å². The molecule has 10 nitrogen and oxygen atoms in total. The molecule has 0 aliphatic heterocycles. The van der Waals surface area contributed by atoms with E-state index in [0.29, 0.717) is 25.9 Å². The lowest BCUT2D eigenvalue weighted by Crippen LogP contribution is -2.24. The maximum Gasteiger partial charge on any atom is 0.407 e. The van der Waals surface area contributed by atoms with Gasteiger partial charge in [0.2, 0.25) is 0 Å². The molecule has 0 radical (unpaired) electrons. The number of hydrogen-bond donors (Lipinski definition) is 2. The first-order valence-electron chi connectivity index (χ1n) is 8.32. The topological polar surface area (TPSA) is 129 Å². The van der Waals surface area contributed by atoms with Crippen molar-refractivity contribution in [2.24, 2.45) is 0 Å². The van der Waals surface area contributed by atoms with Crippen LogP contribution in [0.15, 0.2) is 12.2 Å². The minimum Gasteiger partial charge on any atom is -0.462 e. The standard InChI is InChI=1S/C16H26N2O8/c1-3-17-15(21)25-11-5-9-23-13(19)7-8-14(20)24-10-6-12-26-16(22)18-4-2/h7-8H,3-6,9-12H2,1-2H3,(H,17,21)(H,18,22)/b8-7+. The van der Waals surface area contributed by atoms with E-state index in [1.54, 1.807) is 13.8 Å². The molecule has 0 aliphatic rings. The highest BCUT2D eigenvalue weighted by molar-refractivity contribution is 5.91. The molecule has 0 saturated heterocycles. The molecule has 0 bridgehead atoms. The van der Waals surface area contributed by atoms with E-state index in [9.17, 15) is 19.2 Å². The van der Waals surface area contributed by atoms with Crippen molar-refractivity contribution in [3.63, 3.8) is 0 Å². The van der Waals surface area contributed by atoms with Crippen molar-refractivity contribution in [3.8, 4) is 0 Å². The Kier molecular flexibility index (Phi) is 14.0. The highest BCUT2D eigenvalue weighted by Gasteiger charge is 2.03. The molecule has 26 heavy (non-hydrogen) atoms. The first-order valence-corrected chi connectivity index (χ1v) is 8.32. The van der Waals surface area contributed by atoms with Crippen LogP contribution in [0.5, 0.6) is 0 Å². The second-order valence-electron chi connectivity index (χ2n) is 4.71. The Balaban J connectivity index is 3.65. The third-order valence-electron chi connectivity index (χ3n) is 2.53. The molecule has 0 saturated carbocycles. The highest BCUT2D eigenvalue weighted by atomic mass is 16.6. The first-order chi connectivity index (χ1) is 12.5. The van der Waals surface area contributed by atoms with Crippen LogP contribution in [0.2, 0.25) is 0 Å². The Morgan fingerprint density at radius 3 is 1.35 bits per heavy atom. The summed E-state index contributed by atoms with van der Waals surface area (Å²) >= 11 is 0. The van der Waals surface area contributed by atoms with Gasteiger partial charge in [-0.25, -0.2) is 19.2 Å². The van der Waals surface area contributed by atoms with E-state index in [0.717, 1.165) is 12.2 Å². The quantitative estimate of drug-likeness (QED) is 0.223. The molecule has 0 heterocycles. The van der Waals surface area contributed by atoms with E-state index < -0.39 is 24.1 Å². The maximum atomic E-state index is 11.4. The molecule has 0 aromatic heterocycles. The van der Waals surface area contributed by atoms with E-state index in [4.69, 9.17) is 18.9 Å². The lowest BCUT2D eigenvalue weighted by Gasteiger charge is -2.05. The van der Waals surface area contributed by atoms with Crippen molar-refractivity contribution in [1.29, 1.82) is 0 Å². The van der Waals surface area contributed by atoms with E-state index in [-0.39, 0.29) is 26.4 Å². The van der Waals surface area contributed by atoms with Crippen LogP contribution in [0.25, 0.3) is 0 Å². The van der Waals surface area contributed by atoms with Gasteiger partial charge < -0.3 is 29.6 Å². The molecule has 0 rings (SSSR count). The largest absolute Gasteiger partial charge is 0.462 e. The van der Waals surface area contributed by atoms with Crippen LogP contribution in [0.3, 0.4) is 0 Å². The van der Waals surface area contributed by atoms with Gasteiger partial charge in [0.25, 0.3) is 0 Å². The van der Waals surface area contributed by atoms with Gasteiger partial charge in [0.15, 0.2) is 0 Å². The Bertz CT molecular complexity index is 437. The summed E-state index contributed by atoms with van der Waals surface area (Å²) in [5.41, 5.74) is 0. The van der Waals surface area contributed by atoms with Gasteiger partial charge in [-0.3, -0.25) is 0 Å². The first kappa shape index (κ1) is 23.2. The molecule has 0 atom stereocenters. The van der Waals surface area contributed by atoms with Crippen LogP contribution in [0.4, 0.5) is 9.59 Å². The third-order valence-corrected chi connectivity index (χ3v) is 2.53. The van der Waals surface area contributed by atoms with Crippen LogP contribution in [0.1, 0.15) is 26.7 Å². The van der Waals surface area contributed by atoms with Crippen molar-refractivity contribution < 1.29 is 38.1 Å². The molecule has 0 aromatic carbocycles. The van der Waals surface area contributed by atoms with Crippen molar-refractivity contribution in [3.05, 3.63) is 12.2 Å². The summed E-state index contributed by atoms with van der Waals surface area (Å²) in [5.74, 6) is -1.42. The van der Waals surface area contributed by atoms with Crippen LogP contribution in [-0.2, 0) is 28.5 Å². The van der Waals surface area contributed by atoms with Gasteiger partial charge in [-0.1, -0.05) is 0 Å². The molecule has 0 spiro atoms. The van der Waals surface area contributed by atoms with Gasteiger partial charge in [0, 0.05) is 38.1 Å². The van der Waals surface area contributed by atoms with Gasteiger partial charge in [-0.05, 0) is 13.8 Å². The minimum absolute atomic E-state index is 0.0504. The molecule has 2 amide bonds. The van der Waals surface area contributed by atoms with Gasteiger partial charge >= 0.3 is 24.1 Å². The Labute approximate surface area is 152 Å². The van der Waals surface area contributed by atoms with Crippen molar-refractivity contribution in [1.82, 2.24) is 10.6 Å². The molecule has 0 aliphatic carbocycles. The molecule has 0 unspecified atom stereocenters. The normalized spacial score (nSPS) is 10.1. The summed E-state index contributed by atoms with van der Waals surface area (Å²) in [6.07, 6.45) is 1.51. The number of carbonyl (C=O) groups excluding carboxylic acids is 4. The van der Waals surface area contributed by atoms with Crippen molar-refractivity contribution in [2.45, 2.75) is 26.7 Å². The lowest BCUT2D eigenvalue weighted by molar-refractivity contribution is -0.140. The second kappa shape index (κ2) is 15.7. The molecular formula is C16H26N2O8. The molecule has 2 N–H and O–H groups in total. The fraction of sp³-hybridized carbons (Fsp3) is 0.625. The molecule has 0 aromatic rings. The van der Waals surface area contributed by atoms with Crippen LogP contribution in [0, 0.1) is 0 Å². The minimum atomic E-state index is -0.709. The number of amides is 2. The highest BCUT2D eigenvalue weighted by Crippen LogP contribution is 1.92. The fourth-order valence-electron chi connectivity index (χ4n) is 1.42. The summed E-state index contributed by atoms with van der Waals surface area (Å²) in [6.45, 7) is 4.79. The van der Waals surface area contributed by atoms with E-state index >= 15 is 0 Å². The van der Waals surface area contributed by atoms with Gasteiger partial charge in [-0.2, -0.15) is 0 Å². The predicted octanol–water partition coefficient (Wildman–Crippen LogP) is 0.901. The molecule has 0 fully saturated rings. The predicted molar refractivity (Wildman–Crippen MR) is 90.3 cm³/mol. The number of esters is 2. The van der Waals surface area contributed by atoms with Crippen molar-refractivity contribution in [2.75, 3.05) is 39.5 Å². The van der Waals surface area contributed by atoms with Gasteiger partial charge in [0.1, 0.15) is 0 Å². The summed E-state index contributed by atoms with van der Waals surface area (Å²) in [7, 11) is 0. The van der Waals surface area contributed by atoms with Crippen molar-refractivity contribution >= 4 is 24.1 Å². The number of alkyl carbamates (subject to hydrolysis) is 2. The van der Waals surface area contributed by atoms with E-state index in [1.807, 2.05) is 0 Å². The fourth-order valence-corrected chi connectivity index (χ4v) is 1.42. The molecule has 148 valence electrons. The van der Waals surface area contributed by atoms with Gasteiger partial charge in [-0.15, -0.1) is 0 Å². The SMILES string of the molecule is CCNC(=O)OCCCOC(=O)/C=C/C(=O)OCCCOC(=O)NCC. The van der Waals surface area contributed by atoms with Crippen LogP contribution in [-0.4, -0.2) is 63.6 Å². The monoisotopic (exact) mass is 374 g/mol. The summed E-state index contributed by atoms with van der Waals surface area (Å²) in [5, 5.41) is 4.91. The number of nitrogens with one attached hydrogen (secondary N) is 2. The zero-order valence-electron chi connectivity index (χ0n) is 15.1. The smallest absolute Gasteiger partial charge is 0.407 e. The summed E-state index contributed by atoms with van der Waals surface area (Å²) in [6, 6.07) is 0. The second-order valence-corrected chi connectivity index (χ2v) is 4.71. The lowest BCUT2D eigenvalue weighted by atomic mass is 10.4. The van der Waals surface area contributed by atoms with Crippen LogP contribution < -0.4 is 10.6 Å². The van der Waals surface area contributed by atoms with E-state index in [2.05, 4.69) is 10.6 Å². The number of rotatable bonds is 12. The zero-order chi connectivity index (χ0) is 19.6. The Hall–Kier alpha value is -2.78. The maximum absolute atomic E-state index is 11.4. The molecular weight excluding hydrogens is 348 g/mol. The number of carbonyl (C=O) groups is 4. The van der Waals surface area contributed by atoms with E-state index in [1.165, 1.54) is 0 Å². The average molecular weight is 374 g/mol. The Morgan fingerprint density at radius 1 is 0.654 bits per heavy atom. The zero-order valence-corrected chi connectivity index (χ0v) is 15.1.